The summed E-state index contributed by atoms with van der Waals surface area (Å²) in [4.78, 5) is 25.8. The second kappa shape index (κ2) is 9.39. The lowest BCUT2D eigenvalue weighted by atomic mass is 9.98. The molecule has 0 spiro atoms. The molecule has 4 aromatic rings. The first-order chi connectivity index (χ1) is 16.5. The normalized spacial score (nSPS) is 16.9. The van der Waals surface area contributed by atoms with E-state index in [2.05, 4.69) is 28.7 Å². The van der Waals surface area contributed by atoms with E-state index in [1.807, 2.05) is 65.6 Å². The van der Waals surface area contributed by atoms with Crippen LogP contribution in [0, 0.1) is 11.7 Å². The van der Waals surface area contributed by atoms with Crippen molar-refractivity contribution in [1.29, 1.82) is 0 Å². The molecule has 1 aliphatic heterocycles. The minimum atomic E-state index is -0.176. The number of fused-ring (bicyclic) bond motifs is 1. The van der Waals surface area contributed by atoms with Crippen molar-refractivity contribution < 1.29 is 9.18 Å². The molecule has 1 aliphatic rings. The SMILES string of the molecule is CC(C)[C@H]1CN(Cc2ccccc2F)CCN1C(=O)c1ccc2nc(-c3ccccc3)[nH]c2c1. The van der Waals surface area contributed by atoms with Crippen LogP contribution in [0.25, 0.3) is 22.4 Å². The molecule has 5 nitrogen and oxygen atoms in total. The van der Waals surface area contributed by atoms with Crippen molar-refractivity contribution in [3.63, 3.8) is 0 Å². The molecule has 0 radical (unpaired) electrons. The molecule has 174 valence electrons. The maximum Gasteiger partial charge on any atom is 0.254 e. The van der Waals surface area contributed by atoms with Gasteiger partial charge in [0, 0.05) is 48.9 Å². The van der Waals surface area contributed by atoms with Gasteiger partial charge in [0.2, 0.25) is 0 Å². The number of H-pyrrole nitrogens is 1. The molecule has 3 aromatic carbocycles. The Morgan fingerprint density at radius 2 is 1.82 bits per heavy atom. The zero-order valence-electron chi connectivity index (χ0n) is 19.5. The second-order valence-corrected chi connectivity index (χ2v) is 9.32. The predicted molar refractivity (Wildman–Crippen MR) is 133 cm³/mol. The summed E-state index contributed by atoms with van der Waals surface area (Å²) < 4.78 is 14.2. The first kappa shape index (κ1) is 22.3. The summed E-state index contributed by atoms with van der Waals surface area (Å²) in [6, 6.07) is 22.6. The topological polar surface area (TPSA) is 52.2 Å². The number of amides is 1. The van der Waals surface area contributed by atoms with Crippen LogP contribution in [0.3, 0.4) is 0 Å². The van der Waals surface area contributed by atoms with Gasteiger partial charge in [-0.25, -0.2) is 9.37 Å². The van der Waals surface area contributed by atoms with E-state index in [-0.39, 0.29) is 23.7 Å². The van der Waals surface area contributed by atoms with E-state index in [4.69, 9.17) is 0 Å². The Morgan fingerprint density at radius 1 is 1.06 bits per heavy atom. The van der Waals surface area contributed by atoms with Crippen molar-refractivity contribution in [3.8, 4) is 11.4 Å². The molecule has 1 amide bonds. The number of aromatic amines is 1. The number of benzene rings is 3. The van der Waals surface area contributed by atoms with Gasteiger partial charge >= 0.3 is 0 Å². The number of piperazine rings is 1. The first-order valence-corrected chi connectivity index (χ1v) is 11.8. The number of aromatic nitrogens is 2. The van der Waals surface area contributed by atoms with Crippen molar-refractivity contribution in [2.45, 2.75) is 26.4 Å². The van der Waals surface area contributed by atoms with Gasteiger partial charge < -0.3 is 9.88 Å². The largest absolute Gasteiger partial charge is 0.338 e. The Labute approximate surface area is 199 Å². The third-order valence-corrected chi connectivity index (χ3v) is 6.66. The number of nitrogens with one attached hydrogen (secondary N) is 1. The third-order valence-electron chi connectivity index (χ3n) is 6.66. The Morgan fingerprint density at radius 3 is 2.59 bits per heavy atom. The number of nitrogens with zero attached hydrogens (tertiary/aromatic N) is 3. The highest BCUT2D eigenvalue weighted by Gasteiger charge is 2.33. The Bertz CT molecular complexity index is 1300. The highest BCUT2D eigenvalue weighted by Crippen LogP contribution is 2.25. The predicted octanol–water partition coefficient (Wildman–Crippen LogP) is 5.35. The lowest BCUT2D eigenvalue weighted by molar-refractivity contribution is 0.0326. The molecule has 34 heavy (non-hydrogen) atoms. The second-order valence-electron chi connectivity index (χ2n) is 9.32. The molecule has 1 saturated heterocycles. The van der Waals surface area contributed by atoms with Gasteiger partial charge in [0.15, 0.2) is 0 Å². The van der Waals surface area contributed by atoms with Gasteiger partial charge in [-0.1, -0.05) is 62.4 Å². The molecule has 1 atom stereocenters. The summed E-state index contributed by atoms with van der Waals surface area (Å²) >= 11 is 0. The van der Waals surface area contributed by atoms with Gasteiger partial charge in [-0.05, 0) is 30.2 Å². The van der Waals surface area contributed by atoms with Crippen LogP contribution in [0.5, 0.6) is 0 Å². The fourth-order valence-corrected chi connectivity index (χ4v) is 4.74. The molecule has 0 saturated carbocycles. The summed E-state index contributed by atoms with van der Waals surface area (Å²) in [6.45, 7) is 6.90. The summed E-state index contributed by atoms with van der Waals surface area (Å²) in [5.74, 6) is 0.932. The van der Waals surface area contributed by atoms with Crippen LogP contribution in [-0.4, -0.2) is 51.4 Å². The summed E-state index contributed by atoms with van der Waals surface area (Å²) in [6.07, 6.45) is 0. The maximum absolute atomic E-state index is 14.2. The van der Waals surface area contributed by atoms with Crippen molar-refractivity contribution in [3.05, 3.63) is 89.7 Å². The van der Waals surface area contributed by atoms with Gasteiger partial charge in [0.25, 0.3) is 5.91 Å². The van der Waals surface area contributed by atoms with Crippen LogP contribution in [0.1, 0.15) is 29.8 Å². The standard InChI is InChI=1S/C28H29FN4O/c1-19(2)26-18-32(17-22-10-6-7-11-23(22)29)14-15-33(26)28(34)21-12-13-24-25(16-21)31-27(30-24)20-8-4-3-5-9-20/h3-13,16,19,26H,14-15,17-18H2,1-2H3,(H,30,31)/t26-/m1/s1. The molecular weight excluding hydrogens is 427 g/mol. The minimum Gasteiger partial charge on any atom is -0.338 e. The van der Waals surface area contributed by atoms with Gasteiger partial charge in [-0.3, -0.25) is 9.69 Å². The van der Waals surface area contributed by atoms with Crippen LogP contribution >= 0.6 is 0 Å². The zero-order chi connectivity index (χ0) is 23.7. The zero-order valence-corrected chi connectivity index (χ0v) is 19.5. The number of rotatable bonds is 5. The molecule has 0 unspecified atom stereocenters. The molecule has 1 aromatic heterocycles. The summed E-state index contributed by atoms with van der Waals surface area (Å²) in [5.41, 5.74) is 4.06. The first-order valence-electron chi connectivity index (χ1n) is 11.8. The average molecular weight is 457 g/mol. The van der Waals surface area contributed by atoms with E-state index in [0.29, 0.717) is 30.8 Å². The number of hydrogen-bond acceptors (Lipinski definition) is 3. The van der Waals surface area contributed by atoms with Crippen LogP contribution in [0.15, 0.2) is 72.8 Å². The molecule has 1 fully saturated rings. The third kappa shape index (κ3) is 4.46. The Kier molecular flexibility index (Phi) is 6.16. The number of halogens is 1. The van der Waals surface area contributed by atoms with Crippen molar-refractivity contribution in [1.82, 2.24) is 19.8 Å². The number of imidazole rings is 1. The minimum absolute atomic E-state index is 0.0296. The van der Waals surface area contributed by atoms with Crippen molar-refractivity contribution >= 4 is 16.9 Å². The molecule has 2 heterocycles. The Balaban J connectivity index is 1.35. The van der Waals surface area contributed by atoms with Crippen LogP contribution in [-0.2, 0) is 6.54 Å². The number of carbonyl (C=O) groups is 1. The van der Waals surface area contributed by atoms with Gasteiger partial charge in [-0.2, -0.15) is 0 Å². The van der Waals surface area contributed by atoms with E-state index in [1.54, 1.807) is 6.07 Å². The van der Waals surface area contributed by atoms with Crippen molar-refractivity contribution in [2.75, 3.05) is 19.6 Å². The molecule has 5 rings (SSSR count). The monoisotopic (exact) mass is 456 g/mol. The van der Waals surface area contributed by atoms with E-state index in [0.717, 1.165) is 29.0 Å². The average Bonchev–Trinajstić information content (AvgIpc) is 3.29. The van der Waals surface area contributed by atoms with E-state index < -0.39 is 0 Å². The van der Waals surface area contributed by atoms with E-state index in [9.17, 15) is 9.18 Å². The maximum atomic E-state index is 14.2. The molecule has 0 aliphatic carbocycles. The quantitative estimate of drug-likeness (QED) is 0.440. The fraction of sp³-hybridized carbons (Fsp3) is 0.286. The summed E-state index contributed by atoms with van der Waals surface area (Å²) in [7, 11) is 0. The Hall–Kier alpha value is -3.51. The molecule has 0 bridgehead atoms. The highest BCUT2D eigenvalue weighted by molar-refractivity contribution is 5.98. The fourth-order valence-electron chi connectivity index (χ4n) is 4.74. The van der Waals surface area contributed by atoms with E-state index >= 15 is 0 Å². The lowest BCUT2D eigenvalue weighted by Crippen LogP contribution is -2.56. The molecule has 1 N–H and O–H groups in total. The van der Waals surface area contributed by atoms with Gasteiger partial charge in [0.1, 0.15) is 11.6 Å². The smallest absolute Gasteiger partial charge is 0.254 e. The van der Waals surface area contributed by atoms with Crippen molar-refractivity contribution in [2.24, 2.45) is 5.92 Å². The van der Waals surface area contributed by atoms with Crippen LogP contribution in [0.4, 0.5) is 4.39 Å². The van der Waals surface area contributed by atoms with Crippen LogP contribution in [0.2, 0.25) is 0 Å². The number of carbonyl (C=O) groups excluding carboxylic acids is 1. The highest BCUT2D eigenvalue weighted by atomic mass is 19.1. The van der Waals surface area contributed by atoms with Gasteiger partial charge in [0.05, 0.1) is 11.0 Å². The van der Waals surface area contributed by atoms with Crippen LogP contribution < -0.4 is 0 Å². The van der Waals surface area contributed by atoms with Gasteiger partial charge in [-0.15, -0.1) is 0 Å². The molecule has 6 heteroatoms. The number of hydrogen-bond donors (Lipinski definition) is 1. The molecular formula is C28H29FN4O. The van der Waals surface area contributed by atoms with E-state index in [1.165, 1.54) is 6.07 Å². The summed E-state index contributed by atoms with van der Waals surface area (Å²) in [5, 5.41) is 0. The lowest BCUT2D eigenvalue weighted by Gasteiger charge is -2.43.